The second-order valence-electron chi connectivity index (χ2n) is 4.74. The first-order chi connectivity index (χ1) is 8.83. The second kappa shape index (κ2) is 5.07. The first kappa shape index (κ1) is 11.7. The second-order valence-corrected chi connectivity index (χ2v) is 5.87. The van der Waals surface area contributed by atoms with Gasteiger partial charge in [0.15, 0.2) is 0 Å². The number of anilines is 1. The van der Waals surface area contributed by atoms with E-state index in [0.29, 0.717) is 6.04 Å². The van der Waals surface area contributed by atoms with Crippen LogP contribution in [0.1, 0.15) is 23.6 Å². The summed E-state index contributed by atoms with van der Waals surface area (Å²) >= 11 is 1.97. The third kappa shape index (κ3) is 2.39. The molecule has 1 atom stereocenters. The lowest BCUT2D eigenvalue weighted by Crippen LogP contribution is -2.15. The molecule has 2 aromatic carbocycles. The maximum atomic E-state index is 3.65. The van der Waals surface area contributed by atoms with Crippen LogP contribution in [0.4, 0.5) is 5.69 Å². The van der Waals surface area contributed by atoms with E-state index >= 15 is 0 Å². The summed E-state index contributed by atoms with van der Waals surface area (Å²) in [7, 11) is 0. The van der Waals surface area contributed by atoms with Crippen molar-refractivity contribution in [2.45, 2.75) is 24.3 Å². The van der Waals surface area contributed by atoms with E-state index in [0.717, 1.165) is 0 Å². The standard InChI is InChI=1S/C16H17NS/c1-12-6-8-13(9-7-12)17-15-10-11-18-16-5-3-2-4-14(15)16/h2-9,15,17H,10-11H2,1H3. The summed E-state index contributed by atoms with van der Waals surface area (Å²) in [5.41, 5.74) is 3.96. The van der Waals surface area contributed by atoms with Gasteiger partial charge >= 0.3 is 0 Å². The van der Waals surface area contributed by atoms with Crippen molar-refractivity contribution in [3.05, 3.63) is 59.7 Å². The lowest BCUT2D eigenvalue weighted by molar-refractivity contribution is 0.728. The zero-order valence-electron chi connectivity index (χ0n) is 10.5. The van der Waals surface area contributed by atoms with Crippen LogP contribution in [0.15, 0.2) is 53.4 Å². The van der Waals surface area contributed by atoms with Crippen LogP contribution in [-0.2, 0) is 0 Å². The van der Waals surface area contributed by atoms with Crippen LogP contribution in [-0.4, -0.2) is 5.75 Å². The van der Waals surface area contributed by atoms with Gasteiger partial charge in [-0.3, -0.25) is 0 Å². The highest BCUT2D eigenvalue weighted by Crippen LogP contribution is 2.37. The molecule has 3 rings (SSSR count). The summed E-state index contributed by atoms with van der Waals surface area (Å²) in [5, 5.41) is 3.65. The first-order valence-electron chi connectivity index (χ1n) is 6.38. The van der Waals surface area contributed by atoms with Gasteiger partial charge in [-0.15, -0.1) is 11.8 Å². The zero-order chi connectivity index (χ0) is 12.4. The third-order valence-corrected chi connectivity index (χ3v) is 4.47. The highest BCUT2D eigenvalue weighted by atomic mass is 32.2. The molecule has 2 aromatic rings. The Hall–Kier alpha value is -1.41. The fourth-order valence-corrected chi connectivity index (χ4v) is 3.47. The van der Waals surface area contributed by atoms with Gasteiger partial charge in [-0.1, -0.05) is 35.9 Å². The lowest BCUT2D eigenvalue weighted by Gasteiger charge is -2.26. The van der Waals surface area contributed by atoms with Crippen LogP contribution < -0.4 is 5.32 Å². The molecule has 1 nitrogen and oxygen atoms in total. The van der Waals surface area contributed by atoms with Crippen molar-refractivity contribution in [1.82, 2.24) is 0 Å². The SMILES string of the molecule is Cc1ccc(NC2CCSc3ccccc32)cc1. The zero-order valence-corrected chi connectivity index (χ0v) is 11.3. The largest absolute Gasteiger partial charge is 0.378 e. The molecule has 0 saturated carbocycles. The Balaban J connectivity index is 1.84. The normalized spacial score (nSPS) is 18.2. The van der Waals surface area contributed by atoms with Crippen molar-refractivity contribution in [3.63, 3.8) is 0 Å². The van der Waals surface area contributed by atoms with Gasteiger partial charge in [0.05, 0.1) is 6.04 Å². The van der Waals surface area contributed by atoms with E-state index in [4.69, 9.17) is 0 Å². The first-order valence-corrected chi connectivity index (χ1v) is 7.36. The van der Waals surface area contributed by atoms with Crippen molar-refractivity contribution in [3.8, 4) is 0 Å². The van der Waals surface area contributed by atoms with E-state index in [1.807, 2.05) is 11.8 Å². The van der Waals surface area contributed by atoms with Gasteiger partial charge in [0, 0.05) is 16.3 Å². The van der Waals surface area contributed by atoms with Gasteiger partial charge in [0.1, 0.15) is 0 Å². The average molecular weight is 255 g/mol. The summed E-state index contributed by atoms with van der Waals surface area (Å²) < 4.78 is 0. The minimum Gasteiger partial charge on any atom is -0.378 e. The number of nitrogens with one attached hydrogen (secondary N) is 1. The minimum atomic E-state index is 0.449. The molecule has 0 saturated heterocycles. The molecule has 0 aliphatic carbocycles. The molecule has 2 heteroatoms. The number of aryl methyl sites for hydroxylation is 1. The topological polar surface area (TPSA) is 12.0 Å². The van der Waals surface area contributed by atoms with Gasteiger partial charge in [-0.2, -0.15) is 0 Å². The predicted molar refractivity (Wildman–Crippen MR) is 79.3 cm³/mol. The maximum absolute atomic E-state index is 3.65. The predicted octanol–water partition coefficient (Wildman–Crippen LogP) is 4.64. The Morgan fingerprint density at radius 1 is 1.06 bits per heavy atom. The quantitative estimate of drug-likeness (QED) is 0.838. The van der Waals surface area contributed by atoms with E-state index in [-0.39, 0.29) is 0 Å². The Morgan fingerprint density at radius 3 is 2.67 bits per heavy atom. The molecule has 0 amide bonds. The maximum Gasteiger partial charge on any atom is 0.0532 e. The molecule has 1 unspecified atom stereocenters. The molecule has 0 radical (unpaired) electrons. The molecule has 1 aliphatic rings. The lowest BCUT2D eigenvalue weighted by atomic mass is 10.0. The van der Waals surface area contributed by atoms with Crippen molar-refractivity contribution in [2.75, 3.05) is 11.1 Å². The van der Waals surface area contributed by atoms with Crippen LogP contribution >= 0.6 is 11.8 Å². The molecule has 0 bridgehead atoms. The van der Waals surface area contributed by atoms with Crippen LogP contribution in [0.2, 0.25) is 0 Å². The summed E-state index contributed by atoms with van der Waals surface area (Å²) in [6.07, 6.45) is 1.19. The number of rotatable bonds is 2. The summed E-state index contributed by atoms with van der Waals surface area (Å²) in [5.74, 6) is 1.19. The van der Waals surface area contributed by atoms with E-state index in [9.17, 15) is 0 Å². The minimum absolute atomic E-state index is 0.449. The fraction of sp³-hybridized carbons (Fsp3) is 0.250. The molecule has 0 aromatic heterocycles. The molecular formula is C16H17NS. The molecule has 1 N–H and O–H groups in total. The van der Waals surface area contributed by atoms with Crippen LogP contribution in [0.3, 0.4) is 0 Å². The Morgan fingerprint density at radius 2 is 1.83 bits per heavy atom. The Bertz CT molecular complexity index is 533. The van der Waals surface area contributed by atoms with Gasteiger partial charge < -0.3 is 5.32 Å². The van der Waals surface area contributed by atoms with Crippen LogP contribution in [0.25, 0.3) is 0 Å². The van der Waals surface area contributed by atoms with Crippen molar-refractivity contribution in [2.24, 2.45) is 0 Å². The van der Waals surface area contributed by atoms with Crippen molar-refractivity contribution >= 4 is 17.4 Å². The molecular weight excluding hydrogens is 238 g/mol. The average Bonchev–Trinajstić information content (AvgIpc) is 2.42. The highest BCUT2D eigenvalue weighted by molar-refractivity contribution is 7.99. The molecule has 92 valence electrons. The molecule has 0 fully saturated rings. The van der Waals surface area contributed by atoms with Gasteiger partial charge in [0.2, 0.25) is 0 Å². The van der Waals surface area contributed by atoms with Crippen molar-refractivity contribution in [1.29, 1.82) is 0 Å². The van der Waals surface area contributed by atoms with Crippen LogP contribution in [0, 0.1) is 6.92 Å². The number of benzene rings is 2. The summed E-state index contributed by atoms with van der Waals surface area (Å²) in [6.45, 7) is 2.12. The van der Waals surface area contributed by atoms with Gasteiger partial charge in [0.25, 0.3) is 0 Å². The van der Waals surface area contributed by atoms with Gasteiger partial charge in [-0.25, -0.2) is 0 Å². The third-order valence-electron chi connectivity index (χ3n) is 3.35. The number of hydrogen-bond donors (Lipinski definition) is 1. The van der Waals surface area contributed by atoms with Crippen LogP contribution in [0.5, 0.6) is 0 Å². The van der Waals surface area contributed by atoms with E-state index in [2.05, 4.69) is 60.8 Å². The van der Waals surface area contributed by atoms with Gasteiger partial charge in [-0.05, 0) is 37.1 Å². The number of hydrogen-bond acceptors (Lipinski definition) is 2. The highest BCUT2D eigenvalue weighted by Gasteiger charge is 2.19. The fourth-order valence-electron chi connectivity index (χ4n) is 2.34. The Kier molecular flexibility index (Phi) is 3.28. The molecule has 1 aliphatic heterocycles. The van der Waals surface area contributed by atoms with Crippen molar-refractivity contribution < 1.29 is 0 Å². The van der Waals surface area contributed by atoms with E-state index < -0.39 is 0 Å². The van der Waals surface area contributed by atoms with E-state index in [1.165, 1.54) is 33.9 Å². The molecule has 18 heavy (non-hydrogen) atoms. The molecule has 1 heterocycles. The Labute approximate surface area is 113 Å². The summed E-state index contributed by atoms with van der Waals surface area (Å²) in [4.78, 5) is 1.42. The monoisotopic (exact) mass is 255 g/mol. The smallest absolute Gasteiger partial charge is 0.0532 e. The summed E-state index contributed by atoms with van der Waals surface area (Å²) in [6, 6.07) is 17.8. The number of fused-ring (bicyclic) bond motifs is 1. The molecule has 0 spiro atoms. The number of thioether (sulfide) groups is 1. The van der Waals surface area contributed by atoms with E-state index in [1.54, 1.807) is 0 Å².